The molecule has 4 heteroatoms. The topological polar surface area (TPSA) is 16.4 Å². The van der Waals surface area contributed by atoms with E-state index >= 15 is 0 Å². The Labute approximate surface area is 528 Å². The molecule has 0 aliphatic heterocycles. The van der Waals surface area contributed by atoms with Gasteiger partial charge in [-0.3, -0.25) is 0 Å². The van der Waals surface area contributed by atoms with Crippen molar-refractivity contribution in [2.24, 2.45) is 0 Å². The molecule has 0 N–H and O–H groups in total. The number of nitrogens with zero attached hydrogens (tertiary/aromatic N) is 4. The summed E-state index contributed by atoms with van der Waals surface area (Å²) in [6.45, 7) is 0. The molecule has 5 aromatic heterocycles. The summed E-state index contributed by atoms with van der Waals surface area (Å²) in [7, 11) is 0. The second kappa shape index (κ2) is 20.7. The van der Waals surface area contributed by atoms with Crippen LogP contribution in [0.3, 0.4) is 0 Å². The van der Waals surface area contributed by atoms with Crippen molar-refractivity contribution in [2.75, 3.05) is 0 Å². The van der Waals surface area contributed by atoms with E-state index in [2.05, 4.69) is 357 Å². The van der Waals surface area contributed by atoms with Gasteiger partial charge >= 0.3 is 0 Å². The fraction of sp³-hybridized carbons (Fsp3) is 0. The van der Waals surface area contributed by atoms with Gasteiger partial charge in [0.05, 0.1) is 55.2 Å². The molecule has 14 aromatic carbocycles. The molecule has 0 aliphatic rings. The maximum atomic E-state index is 2.46. The molecule has 5 heterocycles. The second-order valence-electron chi connectivity index (χ2n) is 24.3. The lowest BCUT2D eigenvalue weighted by atomic mass is 9.98. The maximum Gasteiger partial charge on any atom is 0.219 e. The Bertz CT molecular complexity index is 5720. The molecule has 19 aromatic rings. The first-order chi connectivity index (χ1) is 45.7. The Morgan fingerprint density at radius 2 is 0.293 bits per heavy atom. The number of pyridine rings is 4. The van der Waals surface area contributed by atoms with Gasteiger partial charge in [0.25, 0.3) is 0 Å². The highest BCUT2D eigenvalue weighted by Crippen LogP contribution is 2.37. The van der Waals surface area contributed by atoms with E-state index in [-0.39, 0.29) is 0 Å². The lowest BCUT2D eigenvalue weighted by molar-refractivity contribution is -0.455. The van der Waals surface area contributed by atoms with Crippen molar-refractivity contribution in [3.05, 3.63) is 340 Å². The van der Waals surface area contributed by atoms with Gasteiger partial charge < -0.3 is 0 Å². The van der Waals surface area contributed by atoms with Crippen LogP contribution in [0.2, 0.25) is 0 Å². The van der Waals surface area contributed by atoms with Crippen molar-refractivity contribution in [1.29, 1.82) is 0 Å². The van der Waals surface area contributed by atoms with Gasteiger partial charge in [-0.15, -0.1) is 0 Å². The van der Waals surface area contributed by atoms with E-state index in [4.69, 9.17) is 0 Å². The summed E-state index contributed by atoms with van der Waals surface area (Å²) in [5.41, 5.74) is 13.4. The third kappa shape index (κ3) is 7.97. The molecule has 424 valence electrons. The Kier molecular flexibility index (Phi) is 11.6. The molecule has 0 spiro atoms. The predicted octanol–water partition coefficient (Wildman–Crippen LogP) is 20.7. The highest BCUT2D eigenvalue weighted by atomic mass is 14.9. The number of aromatic nitrogens is 4. The smallest absolute Gasteiger partial charge is 0.153 e. The van der Waals surface area contributed by atoms with Gasteiger partial charge in [0.1, 0.15) is 0 Å². The number of benzene rings is 14. The minimum Gasteiger partial charge on any atom is -0.153 e. The number of hydrogen-bond donors (Lipinski definition) is 0. The van der Waals surface area contributed by atoms with Gasteiger partial charge in [-0.25, -0.2) is 0 Å². The minimum atomic E-state index is 1.08. The van der Waals surface area contributed by atoms with Crippen LogP contribution in [0.5, 0.6) is 0 Å². The van der Waals surface area contributed by atoms with Gasteiger partial charge in [0.15, 0.2) is 0 Å². The van der Waals surface area contributed by atoms with Crippen LogP contribution in [0.1, 0.15) is 0 Å². The quantitative estimate of drug-likeness (QED) is 0.106. The number of para-hydroxylation sites is 8. The van der Waals surface area contributed by atoms with Gasteiger partial charge in [-0.05, 0) is 128 Å². The number of fused-ring (bicyclic) bond motifs is 34. The zero-order valence-corrected chi connectivity index (χ0v) is 50.1. The molecule has 4 nitrogen and oxygen atoms in total. The molecule has 0 aliphatic carbocycles. The van der Waals surface area contributed by atoms with Crippen molar-refractivity contribution in [2.45, 2.75) is 0 Å². The van der Waals surface area contributed by atoms with E-state index in [1.807, 2.05) is 0 Å². The summed E-state index contributed by atoms with van der Waals surface area (Å²) < 4.78 is 9.85. The predicted molar refractivity (Wildman–Crippen MR) is 386 cm³/mol. The lowest BCUT2D eigenvalue weighted by Gasteiger charge is -2.08. The van der Waals surface area contributed by atoms with Crippen LogP contribution in [-0.4, -0.2) is 0 Å². The average molecular weight is 1170 g/mol. The van der Waals surface area contributed by atoms with E-state index in [1.165, 1.54) is 86.2 Å². The fourth-order valence-corrected chi connectivity index (χ4v) is 15.5. The SMILES string of the molecule is c1cc2cc(c1)c1c3ccccc3[n+](c3cccc(c3)[n+]3c4ccccc4c(c4cccc(c4)c4cccc(c4)c4c5ccccc5[n+](c5cccc(c5)[n+]5c6ccccc6c(c6cccc2c6)c2ccccc25)c2ccccc42)c2ccccc23)c2ccccc12. The van der Waals surface area contributed by atoms with Crippen molar-refractivity contribution < 1.29 is 17.6 Å². The third-order valence-corrected chi connectivity index (χ3v) is 19.3. The molecule has 0 atom stereocenters. The summed E-state index contributed by atoms with van der Waals surface area (Å²) in [6, 6.07) is 126. The zero-order chi connectivity index (χ0) is 60.4. The third-order valence-electron chi connectivity index (χ3n) is 19.3. The molecule has 0 amide bonds. The summed E-state index contributed by atoms with van der Waals surface area (Å²) in [4.78, 5) is 0. The molecule has 0 saturated carbocycles. The van der Waals surface area contributed by atoms with E-state index in [1.54, 1.807) is 0 Å². The first-order valence-corrected chi connectivity index (χ1v) is 31.7. The molecular weight excluding hydrogens is 1110 g/mol. The molecule has 92 heavy (non-hydrogen) atoms. The fourth-order valence-electron chi connectivity index (χ4n) is 15.5. The van der Waals surface area contributed by atoms with E-state index < -0.39 is 0 Å². The first-order valence-electron chi connectivity index (χ1n) is 31.7. The molecule has 0 unspecified atom stereocenters. The minimum absolute atomic E-state index is 1.08. The summed E-state index contributed by atoms with van der Waals surface area (Å²) in [5.74, 6) is 0. The Balaban J connectivity index is 1.01. The van der Waals surface area contributed by atoms with Crippen LogP contribution in [0.15, 0.2) is 340 Å². The Hall–Kier alpha value is -12.2. The average Bonchev–Trinajstić information content (AvgIpc) is 0.859. The van der Waals surface area contributed by atoms with Gasteiger partial charge in [0, 0.05) is 94.3 Å². The van der Waals surface area contributed by atoms with Crippen LogP contribution in [-0.2, 0) is 0 Å². The van der Waals surface area contributed by atoms with Crippen LogP contribution in [0.25, 0.3) is 174 Å². The van der Waals surface area contributed by atoms with Crippen LogP contribution < -0.4 is 17.6 Å². The van der Waals surface area contributed by atoms with Crippen molar-refractivity contribution in [1.82, 2.24) is 0 Å². The van der Waals surface area contributed by atoms with Gasteiger partial charge in [0.2, 0.25) is 66.2 Å². The maximum absolute atomic E-state index is 2.46. The molecule has 19 rings (SSSR count). The largest absolute Gasteiger partial charge is 0.219 e. The normalized spacial score (nSPS) is 11.9. The van der Waals surface area contributed by atoms with E-state index in [9.17, 15) is 0 Å². The van der Waals surface area contributed by atoms with Crippen LogP contribution >= 0.6 is 0 Å². The highest BCUT2D eigenvalue weighted by molar-refractivity contribution is 6.22. The molecule has 0 fully saturated rings. The van der Waals surface area contributed by atoms with Gasteiger partial charge in [-0.1, -0.05) is 170 Å². The monoisotopic (exact) mass is 1170 g/mol. The van der Waals surface area contributed by atoms with Crippen molar-refractivity contribution in [3.8, 4) is 0 Å². The standard InChI is InChI=1S/C88H56N4/c1-9-43-77-69(35-1)85-61-27-17-23-57(51-61)58-24-18-28-62(52-58)86-73-39-5-13-47-81(73)91(82-48-14-6-40-74(82)86)67-33-22-34-68(56-67)92-83-49-15-7-41-75(83)88(76-42-8-16-50-84(76)92)64-30-20-26-60(54-64)59-25-19-29-63(53-59)87-71-37-3-11-45-79(71)90(80-46-12-4-38-72(80)87)66-32-21-31-65(55-66)89(77)78-44-10-2-36-70(78)85/h1-56H/q+4. The van der Waals surface area contributed by atoms with E-state index in [0.717, 1.165) is 87.7 Å². The van der Waals surface area contributed by atoms with Gasteiger partial charge in [-0.2, -0.15) is 17.6 Å². The highest BCUT2D eigenvalue weighted by Gasteiger charge is 2.24. The first kappa shape index (κ1) is 51.8. The lowest BCUT2D eigenvalue weighted by Crippen LogP contribution is -2.26. The Morgan fingerprint density at radius 1 is 0.130 bits per heavy atom. The summed E-state index contributed by atoms with van der Waals surface area (Å²) in [6.07, 6.45) is 0. The Morgan fingerprint density at radius 3 is 0.489 bits per heavy atom. The van der Waals surface area contributed by atoms with Crippen molar-refractivity contribution >= 4 is 174 Å². The zero-order valence-electron chi connectivity index (χ0n) is 50.1. The second-order valence-corrected chi connectivity index (χ2v) is 24.3. The van der Waals surface area contributed by atoms with Crippen LogP contribution in [0.4, 0.5) is 0 Å². The summed E-state index contributed by atoms with van der Waals surface area (Å²) in [5, 5.41) is 23.6. The molecule has 20 bridgehead atoms. The summed E-state index contributed by atoms with van der Waals surface area (Å²) >= 11 is 0. The van der Waals surface area contributed by atoms with E-state index in [0.29, 0.717) is 0 Å². The molecule has 0 saturated heterocycles. The van der Waals surface area contributed by atoms with Crippen LogP contribution in [0, 0.1) is 0 Å². The number of rotatable bonds is 0. The molecule has 0 radical (unpaired) electrons. The van der Waals surface area contributed by atoms with Crippen molar-refractivity contribution in [3.63, 3.8) is 0 Å². The number of hydrogen-bond acceptors (Lipinski definition) is 0. The molecular formula is C88H56N4+4.